The summed E-state index contributed by atoms with van der Waals surface area (Å²) in [5, 5.41) is 1.37. The van der Waals surface area contributed by atoms with Crippen LogP contribution in [0.5, 0.6) is 0 Å². The molecule has 1 rings (SSSR count). The van der Waals surface area contributed by atoms with Gasteiger partial charge in [-0.2, -0.15) is 0 Å². The second kappa shape index (κ2) is 7.43. The lowest BCUT2D eigenvalue weighted by Crippen LogP contribution is -2.34. The normalized spacial score (nSPS) is 11.5. The van der Waals surface area contributed by atoms with E-state index in [0.717, 1.165) is 5.57 Å². The van der Waals surface area contributed by atoms with Crippen LogP contribution in [0.25, 0.3) is 5.57 Å². The number of allylic oxidation sites excluding steroid dienone is 1. The lowest BCUT2D eigenvalue weighted by molar-refractivity contribution is -0.0817. The fraction of sp³-hybridized carbons (Fsp3) is 0.429. The zero-order valence-corrected chi connectivity index (χ0v) is 12.4. The molecule has 0 aliphatic carbocycles. The van der Waals surface area contributed by atoms with Crippen LogP contribution in [0.1, 0.15) is 26.3 Å². The number of hydrogen-bond donors (Lipinski definition) is 0. The lowest BCUT2D eigenvalue weighted by Gasteiger charge is -2.18. The Kier molecular flexibility index (Phi) is 6.19. The van der Waals surface area contributed by atoms with Gasteiger partial charge in [-0.05, 0) is 26.3 Å². The molecule has 3 heteroatoms. The molecule has 1 aromatic carbocycles. The second-order valence-electron chi connectivity index (χ2n) is 3.98. The van der Waals surface area contributed by atoms with E-state index >= 15 is 0 Å². The number of rotatable bonds is 7. The summed E-state index contributed by atoms with van der Waals surface area (Å²) in [6.07, 6.45) is 0. The van der Waals surface area contributed by atoms with Crippen LogP contribution >= 0.6 is 0 Å². The Morgan fingerprint density at radius 2 is 1.82 bits per heavy atom. The van der Waals surface area contributed by atoms with E-state index in [1.165, 1.54) is 10.8 Å². The Morgan fingerprint density at radius 3 is 2.35 bits per heavy atom. The van der Waals surface area contributed by atoms with Gasteiger partial charge < -0.3 is 9.47 Å². The van der Waals surface area contributed by atoms with E-state index in [1.54, 1.807) is 0 Å². The van der Waals surface area contributed by atoms with Gasteiger partial charge in [-0.15, -0.1) is 0 Å². The van der Waals surface area contributed by atoms with Gasteiger partial charge in [0.25, 0.3) is 0 Å². The topological polar surface area (TPSA) is 18.5 Å². The maximum absolute atomic E-state index is 5.63. The highest BCUT2D eigenvalue weighted by molar-refractivity contribution is 6.55. The third-order valence-corrected chi connectivity index (χ3v) is 4.43. The molecule has 0 radical (unpaired) electrons. The minimum Gasteiger partial charge on any atom is -0.357 e. The van der Waals surface area contributed by atoms with Gasteiger partial charge in [-0.25, -0.2) is 0 Å². The van der Waals surface area contributed by atoms with Gasteiger partial charge in [0, 0.05) is 13.2 Å². The molecule has 0 heterocycles. The van der Waals surface area contributed by atoms with Crippen molar-refractivity contribution in [1.29, 1.82) is 0 Å². The highest BCUT2D eigenvalue weighted by Gasteiger charge is 2.12. The van der Waals surface area contributed by atoms with E-state index < -0.39 is 9.52 Å². The van der Waals surface area contributed by atoms with Crippen molar-refractivity contribution in [2.24, 2.45) is 0 Å². The lowest BCUT2D eigenvalue weighted by atomic mass is 10.1. The first-order chi connectivity index (χ1) is 8.19. The van der Waals surface area contributed by atoms with Crippen LogP contribution in [0.3, 0.4) is 0 Å². The average molecular weight is 250 g/mol. The molecule has 0 N–H and O–H groups in total. The van der Waals surface area contributed by atoms with Crippen LogP contribution in [-0.2, 0) is 9.47 Å². The molecule has 17 heavy (non-hydrogen) atoms. The minimum atomic E-state index is -0.596. The molecular formula is C14H22O2Si. The molecule has 0 saturated carbocycles. The Hall–Kier alpha value is -0.903. The summed E-state index contributed by atoms with van der Waals surface area (Å²) in [6.45, 7) is 11.5. The van der Waals surface area contributed by atoms with Crippen molar-refractivity contribution in [3.8, 4) is 0 Å². The maximum atomic E-state index is 5.63. The first-order valence-electron chi connectivity index (χ1n) is 6.16. The molecule has 0 saturated heterocycles. The zero-order valence-electron chi connectivity index (χ0n) is 11.0. The Morgan fingerprint density at radius 1 is 1.24 bits per heavy atom. The SMILES string of the molecule is C=C(C)c1ccccc1[SiH2]C(OCC)OCC. The molecule has 0 spiro atoms. The fourth-order valence-corrected chi connectivity index (χ4v) is 3.81. The molecule has 0 atom stereocenters. The molecule has 0 aromatic heterocycles. The van der Waals surface area contributed by atoms with Crippen LogP contribution in [0, 0.1) is 0 Å². The average Bonchev–Trinajstić information content (AvgIpc) is 2.30. The fourth-order valence-electron chi connectivity index (χ4n) is 1.83. The molecule has 0 aliphatic rings. The third-order valence-electron chi connectivity index (χ3n) is 2.57. The van der Waals surface area contributed by atoms with E-state index in [-0.39, 0.29) is 5.91 Å². The van der Waals surface area contributed by atoms with Crippen LogP contribution in [0.2, 0.25) is 0 Å². The molecule has 0 amide bonds. The van der Waals surface area contributed by atoms with Gasteiger partial charge in [0.2, 0.25) is 0 Å². The van der Waals surface area contributed by atoms with Gasteiger partial charge >= 0.3 is 0 Å². The number of hydrogen-bond acceptors (Lipinski definition) is 2. The van der Waals surface area contributed by atoms with Gasteiger partial charge in [0.1, 0.15) is 15.4 Å². The van der Waals surface area contributed by atoms with Gasteiger partial charge in [0.15, 0.2) is 0 Å². The molecule has 0 fully saturated rings. The summed E-state index contributed by atoms with van der Waals surface area (Å²) in [5.41, 5.74) is 2.36. The Bertz CT molecular complexity index is 357. The first-order valence-corrected chi connectivity index (χ1v) is 7.68. The summed E-state index contributed by atoms with van der Waals surface area (Å²) in [5.74, 6) is -0.0227. The van der Waals surface area contributed by atoms with E-state index in [4.69, 9.17) is 9.47 Å². The van der Waals surface area contributed by atoms with Gasteiger partial charge in [0.05, 0.1) is 0 Å². The highest BCUT2D eigenvalue weighted by atomic mass is 28.2. The van der Waals surface area contributed by atoms with E-state index in [2.05, 4.69) is 30.8 Å². The van der Waals surface area contributed by atoms with Crippen molar-refractivity contribution in [2.75, 3.05) is 13.2 Å². The van der Waals surface area contributed by atoms with Crippen molar-refractivity contribution in [2.45, 2.75) is 26.7 Å². The quantitative estimate of drug-likeness (QED) is 0.543. The summed E-state index contributed by atoms with van der Waals surface area (Å²) >= 11 is 0. The van der Waals surface area contributed by atoms with Crippen molar-refractivity contribution >= 4 is 20.3 Å². The smallest absolute Gasteiger partial charge is 0.139 e. The molecule has 0 unspecified atom stereocenters. The summed E-state index contributed by atoms with van der Waals surface area (Å²) in [6, 6.07) is 8.42. The zero-order chi connectivity index (χ0) is 12.7. The Labute approximate surface area is 106 Å². The third kappa shape index (κ3) is 4.46. The summed E-state index contributed by atoms with van der Waals surface area (Å²) in [4.78, 5) is 0. The largest absolute Gasteiger partial charge is 0.357 e. The highest BCUT2D eigenvalue weighted by Crippen LogP contribution is 2.08. The monoisotopic (exact) mass is 250 g/mol. The van der Waals surface area contributed by atoms with E-state index in [1.807, 2.05) is 20.8 Å². The van der Waals surface area contributed by atoms with Crippen molar-refractivity contribution < 1.29 is 9.47 Å². The van der Waals surface area contributed by atoms with Crippen LogP contribution in [-0.4, -0.2) is 28.6 Å². The van der Waals surface area contributed by atoms with E-state index in [9.17, 15) is 0 Å². The van der Waals surface area contributed by atoms with Gasteiger partial charge in [-0.1, -0.05) is 41.6 Å². The molecule has 0 bridgehead atoms. The molecular weight excluding hydrogens is 228 g/mol. The number of ether oxygens (including phenoxy) is 2. The van der Waals surface area contributed by atoms with Crippen LogP contribution in [0.15, 0.2) is 30.8 Å². The van der Waals surface area contributed by atoms with E-state index in [0.29, 0.717) is 13.2 Å². The molecule has 0 aliphatic heterocycles. The van der Waals surface area contributed by atoms with Crippen molar-refractivity contribution in [3.63, 3.8) is 0 Å². The standard InChI is InChI=1S/C14H22O2Si/c1-5-15-14(16-6-2)17-13-10-8-7-9-12(13)11(3)4/h7-10,14H,3,5-6,17H2,1-2,4H3. The summed E-state index contributed by atoms with van der Waals surface area (Å²) < 4.78 is 11.3. The van der Waals surface area contributed by atoms with Crippen LogP contribution in [0.4, 0.5) is 0 Å². The van der Waals surface area contributed by atoms with Crippen molar-refractivity contribution in [3.05, 3.63) is 36.4 Å². The maximum Gasteiger partial charge on any atom is 0.139 e. The predicted octanol–water partition coefficient (Wildman–Crippen LogP) is 1.87. The molecule has 1 aromatic rings. The minimum absolute atomic E-state index is 0.0227. The summed E-state index contributed by atoms with van der Waals surface area (Å²) in [7, 11) is -0.596. The molecule has 94 valence electrons. The molecule has 2 nitrogen and oxygen atoms in total. The van der Waals surface area contributed by atoms with Gasteiger partial charge in [-0.3, -0.25) is 0 Å². The van der Waals surface area contributed by atoms with Crippen LogP contribution < -0.4 is 5.19 Å². The van der Waals surface area contributed by atoms with Crippen molar-refractivity contribution in [1.82, 2.24) is 0 Å². The predicted molar refractivity (Wildman–Crippen MR) is 76.4 cm³/mol. The Balaban J connectivity index is 2.80. The second-order valence-corrected chi connectivity index (χ2v) is 5.82. The first kappa shape index (κ1) is 14.2. The number of benzene rings is 1.